The number of hydrogen-bond donors (Lipinski definition) is 1. The summed E-state index contributed by atoms with van der Waals surface area (Å²) in [5.41, 5.74) is 5.76. The smallest absolute Gasteiger partial charge is 0.235 e. The standard InChI is InChI=1S/C11H11N5OS2/c12-8-4-3-7(18-8)10-15-16-9(6-2-1-5-17-6)13-14-11(16)19-10/h3-4,6H,1-2,5,12H2. The van der Waals surface area contributed by atoms with E-state index < -0.39 is 0 Å². The lowest BCUT2D eigenvalue weighted by Crippen LogP contribution is -2.03. The molecule has 0 aromatic carbocycles. The Labute approximate surface area is 116 Å². The van der Waals surface area contributed by atoms with Gasteiger partial charge in [-0.2, -0.15) is 9.61 Å². The average Bonchev–Trinajstić information content (AvgIpc) is 3.11. The fourth-order valence-electron chi connectivity index (χ4n) is 2.18. The summed E-state index contributed by atoms with van der Waals surface area (Å²) >= 11 is 3.05. The summed E-state index contributed by atoms with van der Waals surface area (Å²) in [5.74, 6) is 0.805. The van der Waals surface area contributed by atoms with Gasteiger partial charge < -0.3 is 10.5 Å². The topological polar surface area (TPSA) is 78.3 Å². The summed E-state index contributed by atoms with van der Waals surface area (Å²) in [7, 11) is 0. The molecule has 0 amide bonds. The predicted octanol–water partition coefficient (Wildman–Crippen LogP) is 2.35. The number of rotatable bonds is 2. The quantitative estimate of drug-likeness (QED) is 0.784. The van der Waals surface area contributed by atoms with E-state index in [1.807, 2.05) is 12.1 Å². The van der Waals surface area contributed by atoms with Crippen molar-refractivity contribution in [2.75, 3.05) is 12.3 Å². The third kappa shape index (κ3) is 1.83. The van der Waals surface area contributed by atoms with Gasteiger partial charge in [0.15, 0.2) is 10.8 Å². The lowest BCUT2D eigenvalue weighted by Gasteiger charge is -2.03. The van der Waals surface area contributed by atoms with Crippen LogP contribution in [0.25, 0.3) is 14.8 Å². The molecule has 0 bridgehead atoms. The zero-order valence-electron chi connectivity index (χ0n) is 9.94. The van der Waals surface area contributed by atoms with Gasteiger partial charge >= 0.3 is 0 Å². The molecule has 1 aliphatic heterocycles. The van der Waals surface area contributed by atoms with Crippen LogP contribution in [0.2, 0.25) is 0 Å². The first-order valence-electron chi connectivity index (χ1n) is 6.01. The first-order chi connectivity index (χ1) is 9.31. The van der Waals surface area contributed by atoms with Crippen LogP contribution in [0.3, 0.4) is 0 Å². The number of nitrogens with two attached hydrogens (primary N) is 1. The first kappa shape index (κ1) is 11.3. The molecule has 2 N–H and O–H groups in total. The van der Waals surface area contributed by atoms with Crippen LogP contribution in [0, 0.1) is 0 Å². The SMILES string of the molecule is Nc1ccc(-c2nn3c(C4CCCO4)nnc3s2)s1. The lowest BCUT2D eigenvalue weighted by atomic mass is 10.2. The average molecular weight is 293 g/mol. The molecule has 3 aromatic rings. The molecule has 1 aliphatic rings. The van der Waals surface area contributed by atoms with Crippen LogP contribution in [-0.2, 0) is 4.74 Å². The maximum Gasteiger partial charge on any atom is 0.235 e. The Kier molecular flexibility index (Phi) is 2.54. The van der Waals surface area contributed by atoms with Crippen molar-refractivity contribution in [2.24, 2.45) is 0 Å². The number of hydrogen-bond acceptors (Lipinski definition) is 7. The number of fused-ring (bicyclic) bond motifs is 1. The zero-order valence-corrected chi connectivity index (χ0v) is 11.6. The van der Waals surface area contributed by atoms with E-state index in [0.29, 0.717) is 0 Å². The summed E-state index contributed by atoms with van der Waals surface area (Å²) in [6.07, 6.45) is 2.08. The van der Waals surface area contributed by atoms with E-state index in [4.69, 9.17) is 10.5 Å². The van der Waals surface area contributed by atoms with Gasteiger partial charge in [0.25, 0.3) is 0 Å². The van der Waals surface area contributed by atoms with Gasteiger partial charge in [-0.25, -0.2) is 0 Å². The van der Waals surface area contributed by atoms with Gasteiger partial charge in [-0.05, 0) is 25.0 Å². The molecular formula is C11H11N5OS2. The molecule has 3 aromatic heterocycles. The molecule has 4 rings (SSSR count). The van der Waals surface area contributed by atoms with E-state index in [2.05, 4.69) is 15.3 Å². The molecule has 6 nitrogen and oxygen atoms in total. The Morgan fingerprint density at radius 1 is 1.32 bits per heavy atom. The molecule has 98 valence electrons. The Balaban J connectivity index is 1.79. The molecule has 0 aliphatic carbocycles. The van der Waals surface area contributed by atoms with Gasteiger partial charge in [-0.3, -0.25) is 0 Å². The summed E-state index contributed by atoms with van der Waals surface area (Å²) in [5, 5.41) is 14.7. The third-order valence-electron chi connectivity index (χ3n) is 3.07. The van der Waals surface area contributed by atoms with Crippen molar-refractivity contribution in [3.8, 4) is 9.88 Å². The lowest BCUT2D eigenvalue weighted by molar-refractivity contribution is 0.103. The monoisotopic (exact) mass is 293 g/mol. The minimum absolute atomic E-state index is 0.0263. The van der Waals surface area contributed by atoms with Gasteiger partial charge in [-0.15, -0.1) is 21.5 Å². The number of thiophene rings is 1. The summed E-state index contributed by atoms with van der Waals surface area (Å²) in [6.45, 7) is 0.790. The van der Waals surface area contributed by atoms with E-state index >= 15 is 0 Å². The maximum atomic E-state index is 5.76. The Bertz CT molecular complexity index is 724. The van der Waals surface area contributed by atoms with Crippen molar-refractivity contribution in [2.45, 2.75) is 18.9 Å². The molecule has 1 saturated heterocycles. The second-order valence-corrected chi connectivity index (χ2v) is 6.43. The van der Waals surface area contributed by atoms with Gasteiger partial charge in [0.1, 0.15) is 6.10 Å². The highest BCUT2D eigenvalue weighted by atomic mass is 32.1. The second-order valence-electron chi connectivity index (χ2n) is 4.36. The summed E-state index contributed by atoms with van der Waals surface area (Å²) in [4.78, 5) is 1.86. The van der Waals surface area contributed by atoms with Crippen LogP contribution in [0.5, 0.6) is 0 Å². The van der Waals surface area contributed by atoms with Crippen molar-refractivity contribution in [1.82, 2.24) is 19.8 Å². The van der Waals surface area contributed by atoms with E-state index in [9.17, 15) is 0 Å². The van der Waals surface area contributed by atoms with E-state index in [1.165, 1.54) is 22.7 Å². The molecule has 0 saturated carbocycles. The molecule has 1 atom stereocenters. The minimum atomic E-state index is 0.0263. The van der Waals surface area contributed by atoms with Gasteiger partial charge in [-0.1, -0.05) is 11.3 Å². The molecule has 8 heteroatoms. The zero-order chi connectivity index (χ0) is 12.8. The van der Waals surface area contributed by atoms with Gasteiger partial charge in [0, 0.05) is 6.61 Å². The number of nitrogen functional groups attached to an aromatic ring is 1. The van der Waals surface area contributed by atoms with E-state index in [-0.39, 0.29) is 6.10 Å². The fraction of sp³-hybridized carbons (Fsp3) is 0.364. The molecule has 4 heterocycles. The first-order valence-corrected chi connectivity index (χ1v) is 7.64. The van der Waals surface area contributed by atoms with E-state index in [1.54, 1.807) is 4.52 Å². The van der Waals surface area contributed by atoms with Crippen molar-refractivity contribution in [3.05, 3.63) is 18.0 Å². The summed E-state index contributed by atoms with van der Waals surface area (Å²) in [6, 6.07) is 3.88. The van der Waals surface area contributed by atoms with Crippen LogP contribution < -0.4 is 5.73 Å². The van der Waals surface area contributed by atoms with Crippen LogP contribution in [0.1, 0.15) is 24.8 Å². The normalized spacial score (nSPS) is 19.5. The molecule has 1 fully saturated rings. The van der Waals surface area contributed by atoms with Crippen LogP contribution in [0.4, 0.5) is 5.00 Å². The molecule has 19 heavy (non-hydrogen) atoms. The fourth-order valence-corrected chi connectivity index (χ4v) is 3.85. The van der Waals surface area contributed by atoms with Crippen LogP contribution >= 0.6 is 22.7 Å². The maximum absolute atomic E-state index is 5.76. The predicted molar refractivity (Wildman–Crippen MR) is 74.3 cm³/mol. The number of ether oxygens (including phenoxy) is 1. The van der Waals surface area contributed by atoms with Crippen molar-refractivity contribution >= 4 is 32.6 Å². The van der Waals surface area contributed by atoms with Crippen LogP contribution in [-0.4, -0.2) is 26.4 Å². The Hall–Kier alpha value is -1.51. The van der Waals surface area contributed by atoms with Gasteiger partial charge in [0.2, 0.25) is 4.96 Å². The highest BCUT2D eigenvalue weighted by Gasteiger charge is 2.25. The molecule has 1 unspecified atom stereocenters. The minimum Gasteiger partial charge on any atom is -0.391 e. The molecular weight excluding hydrogens is 282 g/mol. The number of aromatic nitrogens is 4. The van der Waals surface area contributed by atoms with Crippen LogP contribution in [0.15, 0.2) is 12.1 Å². The second kappa shape index (κ2) is 4.26. The molecule has 0 radical (unpaired) electrons. The largest absolute Gasteiger partial charge is 0.391 e. The summed E-state index contributed by atoms with van der Waals surface area (Å²) < 4.78 is 7.45. The highest BCUT2D eigenvalue weighted by molar-refractivity contribution is 7.25. The highest BCUT2D eigenvalue weighted by Crippen LogP contribution is 2.34. The Morgan fingerprint density at radius 3 is 3.00 bits per heavy atom. The number of anilines is 1. The van der Waals surface area contributed by atoms with Gasteiger partial charge in [0.05, 0.1) is 9.88 Å². The van der Waals surface area contributed by atoms with Crippen molar-refractivity contribution in [3.63, 3.8) is 0 Å². The van der Waals surface area contributed by atoms with Crippen molar-refractivity contribution < 1.29 is 4.74 Å². The van der Waals surface area contributed by atoms with E-state index in [0.717, 1.165) is 45.1 Å². The van der Waals surface area contributed by atoms with Crippen molar-refractivity contribution in [1.29, 1.82) is 0 Å². The Morgan fingerprint density at radius 2 is 2.26 bits per heavy atom. The third-order valence-corrected chi connectivity index (χ3v) is 5.05. The molecule has 0 spiro atoms. The number of nitrogens with zero attached hydrogens (tertiary/aromatic N) is 4.